The van der Waals surface area contributed by atoms with Crippen molar-refractivity contribution < 1.29 is 0 Å². The Bertz CT molecular complexity index is 845. The molecule has 22 heavy (non-hydrogen) atoms. The monoisotopic (exact) mass is 291 g/mol. The topological polar surface area (TPSA) is 40.7 Å². The minimum absolute atomic E-state index is 0.799. The van der Waals surface area contributed by atoms with Crippen LogP contribution in [0.1, 0.15) is 34.5 Å². The highest BCUT2D eigenvalue weighted by Gasteiger charge is 2.12. The van der Waals surface area contributed by atoms with E-state index in [0.717, 1.165) is 18.7 Å². The van der Waals surface area contributed by atoms with Crippen LogP contribution in [0.3, 0.4) is 0 Å². The highest BCUT2D eigenvalue weighted by Crippen LogP contribution is 2.24. The predicted octanol–water partition coefficient (Wildman–Crippen LogP) is 4.28. The molecule has 2 N–H and O–H groups in total. The van der Waals surface area contributed by atoms with E-state index in [-0.39, 0.29) is 0 Å². The molecule has 4 rings (SSSR count). The zero-order valence-corrected chi connectivity index (χ0v) is 13.2. The fraction of sp³-hybridized carbons (Fsp3) is 0.316. The van der Waals surface area contributed by atoms with E-state index in [0.29, 0.717) is 0 Å². The van der Waals surface area contributed by atoms with Gasteiger partial charge < -0.3 is 10.3 Å². The summed E-state index contributed by atoms with van der Waals surface area (Å²) in [4.78, 5) is 8.07. The van der Waals surface area contributed by atoms with Crippen LogP contribution >= 0.6 is 0 Å². The normalized spacial score (nSPS) is 13.5. The molecule has 0 bridgehead atoms. The maximum absolute atomic E-state index is 4.57. The summed E-state index contributed by atoms with van der Waals surface area (Å²) in [5.74, 6) is 0. The molecule has 1 aliphatic rings. The molecule has 0 amide bonds. The number of aromatic nitrogens is 2. The van der Waals surface area contributed by atoms with Gasteiger partial charge in [0, 0.05) is 22.3 Å². The van der Waals surface area contributed by atoms with Crippen molar-refractivity contribution in [3.8, 4) is 0 Å². The quantitative estimate of drug-likeness (QED) is 0.756. The number of hydrogen-bond acceptors (Lipinski definition) is 2. The van der Waals surface area contributed by atoms with Crippen LogP contribution in [0, 0.1) is 13.8 Å². The molecule has 0 radical (unpaired) electrons. The molecule has 0 saturated carbocycles. The largest absolute Gasteiger partial charge is 0.378 e. The van der Waals surface area contributed by atoms with Crippen LogP contribution in [-0.4, -0.2) is 9.97 Å². The van der Waals surface area contributed by atoms with Crippen molar-refractivity contribution in [1.29, 1.82) is 0 Å². The Labute approximate surface area is 130 Å². The van der Waals surface area contributed by atoms with Gasteiger partial charge in [0.2, 0.25) is 0 Å². The third-order valence-corrected chi connectivity index (χ3v) is 4.80. The van der Waals surface area contributed by atoms with Gasteiger partial charge in [0.15, 0.2) is 0 Å². The van der Waals surface area contributed by atoms with Crippen molar-refractivity contribution in [2.75, 3.05) is 5.32 Å². The summed E-state index contributed by atoms with van der Waals surface area (Å²) in [6.07, 6.45) is 5.51. The molecule has 0 aliphatic heterocycles. The van der Waals surface area contributed by atoms with Gasteiger partial charge in [-0.25, -0.2) is 0 Å². The van der Waals surface area contributed by atoms with E-state index >= 15 is 0 Å². The Balaban J connectivity index is 1.55. The first-order valence-corrected chi connectivity index (χ1v) is 8.00. The lowest BCUT2D eigenvalue weighted by Gasteiger charge is -2.06. The highest BCUT2D eigenvalue weighted by atomic mass is 14.9. The average molecular weight is 291 g/mol. The van der Waals surface area contributed by atoms with Crippen molar-refractivity contribution in [3.63, 3.8) is 0 Å². The van der Waals surface area contributed by atoms with Gasteiger partial charge in [-0.2, -0.15) is 0 Å². The number of hydrogen-bond donors (Lipinski definition) is 2. The number of rotatable bonds is 3. The number of aryl methyl sites for hydroxylation is 4. The third kappa shape index (κ3) is 2.27. The number of fused-ring (bicyclic) bond motifs is 2. The molecule has 0 atom stereocenters. The molecule has 0 unspecified atom stereocenters. The highest BCUT2D eigenvalue weighted by molar-refractivity contribution is 5.84. The lowest BCUT2D eigenvalue weighted by atomic mass is 10.1. The van der Waals surface area contributed by atoms with Crippen molar-refractivity contribution in [2.24, 2.45) is 0 Å². The maximum Gasteiger partial charge on any atom is 0.0552 e. The van der Waals surface area contributed by atoms with E-state index in [1.54, 1.807) is 0 Å². The van der Waals surface area contributed by atoms with Crippen molar-refractivity contribution in [3.05, 3.63) is 58.5 Å². The summed E-state index contributed by atoms with van der Waals surface area (Å²) < 4.78 is 0. The molecule has 1 aliphatic carbocycles. The number of nitrogens with zero attached hydrogens (tertiary/aromatic N) is 1. The molecule has 0 saturated heterocycles. The second-order valence-electron chi connectivity index (χ2n) is 6.30. The van der Waals surface area contributed by atoms with E-state index < -0.39 is 0 Å². The summed E-state index contributed by atoms with van der Waals surface area (Å²) in [6.45, 7) is 5.15. The number of benzene rings is 1. The summed E-state index contributed by atoms with van der Waals surface area (Å²) in [5, 5.41) is 4.81. The number of aromatic amines is 1. The van der Waals surface area contributed by atoms with Crippen LogP contribution in [0.5, 0.6) is 0 Å². The first-order valence-electron chi connectivity index (χ1n) is 8.00. The summed E-state index contributed by atoms with van der Waals surface area (Å²) in [5.41, 5.74) is 8.94. The van der Waals surface area contributed by atoms with Crippen LogP contribution in [0.2, 0.25) is 0 Å². The second kappa shape index (κ2) is 5.16. The predicted molar refractivity (Wildman–Crippen MR) is 91.4 cm³/mol. The number of pyridine rings is 1. The van der Waals surface area contributed by atoms with Gasteiger partial charge in [-0.15, -0.1) is 0 Å². The third-order valence-electron chi connectivity index (χ3n) is 4.80. The molecule has 0 spiro atoms. The van der Waals surface area contributed by atoms with Gasteiger partial charge in [-0.05, 0) is 68.0 Å². The Hall–Kier alpha value is -2.29. The van der Waals surface area contributed by atoms with Crippen LogP contribution in [0.15, 0.2) is 30.5 Å². The number of H-pyrrole nitrogens is 1. The van der Waals surface area contributed by atoms with Gasteiger partial charge in [-0.1, -0.05) is 6.07 Å². The molecule has 3 nitrogen and oxygen atoms in total. The van der Waals surface area contributed by atoms with Gasteiger partial charge >= 0.3 is 0 Å². The standard InChI is InChI=1S/C19H21N3/c1-12-6-7-19-17(13(12)2)9-16(22-19)11-20-15-8-14-4-3-5-18(14)21-10-15/h6-10,20,22H,3-5,11H2,1-2H3. The molecular formula is C19H21N3. The number of anilines is 1. The molecule has 112 valence electrons. The van der Waals surface area contributed by atoms with Crippen LogP contribution in [-0.2, 0) is 19.4 Å². The lowest BCUT2D eigenvalue weighted by Crippen LogP contribution is -2.01. The summed E-state index contributed by atoms with van der Waals surface area (Å²) >= 11 is 0. The van der Waals surface area contributed by atoms with E-state index in [1.807, 2.05) is 6.20 Å². The number of nitrogens with one attached hydrogen (secondary N) is 2. The first-order chi connectivity index (χ1) is 10.7. The van der Waals surface area contributed by atoms with Crippen molar-refractivity contribution in [1.82, 2.24) is 9.97 Å². The van der Waals surface area contributed by atoms with E-state index in [4.69, 9.17) is 0 Å². The zero-order valence-electron chi connectivity index (χ0n) is 13.2. The van der Waals surface area contributed by atoms with Gasteiger partial charge in [0.05, 0.1) is 18.4 Å². The molecule has 3 heteroatoms. The maximum atomic E-state index is 4.57. The SMILES string of the molecule is Cc1ccc2[nH]c(CNc3cnc4c(c3)CCC4)cc2c1C. The Morgan fingerprint density at radius 2 is 2.09 bits per heavy atom. The van der Waals surface area contributed by atoms with Crippen LogP contribution in [0.4, 0.5) is 5.69 Å². The van der Waals surface area contributed by atoms with Crippen molar-refractivity contribution in [2.45, 2.75) is 39.7 Å². The minimum atomic E-state index is 0.799. The average Bonchev–Trinajstić information content (AvgIpc) is 3.15. The molecule has 0 fully saturated rings. The molecule has 2 heterocycles. The van der Waals surface area contributed by atoms with E-state index in [2.05, 4.69) is 53.4 Å². The molecular weight excluding hydrogens is 270 g/mol. The van der Waals surface area contributed by atoms with Gasteiger partial charge in [0.1, 0.15) is 0 Å². The van der Waals surface area contributed by atoms with Crippen LogP contribution < -0.4 is 5.32 Å². The molecule has 3 aromatic rings. The smallest absolute Gasteiger partial charge is 0.0552 e. The fourth-order valence-corrected chi connectivity index (χ4v) is 3.33. The van der Waals surface area contributed by atoms with E-state index in [9.17, 15) is 0 Å². The van der Waals surface area contributed by atoms with Gasteiger partial charge in [0.25, 0.3) is 0 Å². The first kappa shape index (κ1) is 13.4. The van der Waals surface area contributed by atoms with Crippen LogP contribution in [0.25, 0.3) is 10.9 Å². The lowest BCUT2D eigenvalue weighted by molar-refractivity contribution is 0.899. The fourth-order valence-electron chi connectivity index (χ4n) is 3.33. The summed E-state index contributed by atoms with van der Waals surface area (Å²) in [6, 6.07) is 8.85. The molecule has 2 aromatic heterocycles. The zero-order chi connectivity index (χ0) is 15.1. The Morgan fingerprint density at radius 1 is 1.18 bits per heavy atom. The Kier molecular flexibility index (Phi) is 3.14. The van der Waals surface area contributed by atoms with Crippen molar-refractivity contribution >= 4 is 16.6 Å². The second-order valence-corrected chi connectivity index (χ2v) is 6.30. The molecule has 1 aromatic carbocycles. The van der Waals surface area contributed by atoms with E-state index in [1.165, 1.54) is 51.8 Å². The minimum Gasteiger partial charge on any atom is -0.378 e. The Morgan fingerprint density at radius 3 is 3.00 bits per heavy atom. The summed E-state index contributed by atoms with van der Waals surface area (Å²) in [7, 11) is 0. The van der Waals surface area contributed by atoms with Gasteiger partial charge in [-0.3, -0.25) is 4.98 Å².